The number of amides is 2. The van der Waals surface area contributed by atoms with Gasteiger partial charge in [-0.05, 0) is 49.6 Å². The van der Waals surface area contributed by atoms with Crippen LogP contribution in [0.3, 0.4) is 0 Å². The van der Waals surface area contributed by atoms with E-state index in [2.05, 4.69) is 38.7 Å². The Balaban J connectivity index is 1.56. The molecule has 1 atom stereocenters. The van der Waals surface area contributed by atoms with Gasteiger partial charge in [0.25, 0.3) is 5.91 Å². The maximum atomic E-state index is 12.4. The number of halogens is 1. The van der Waals surface area contributed by atoms with E-state index in [1.54, 1.807) is 31.2 Å². The molecule has 0 aliphatic heterocycles. The first-order chi connectivity index (χ1) is 12.5. The van der Waals surface area contributed by atoms with Gasteiger partial charge in [-0.3, -0.25) is 9.59 Å². The highest BCUT2D eigenvalue weighted by atomic mass is 79.9. The molecular weight excluding hydrogens is 392 g/mol. The van der Waals surface area contributed by atoms with Crippen molar-refractivity contribution in [1.82, 2.24) is 10.6 Å². The predicted octanol–water partition coefficient (Wildman–Crippen LogP) is 3.81. The van der Waals surface area contributed by atoms with Gasteiger partial charge in [-0.1, -0.05) is 52.7 Å². The molecule has 0 saturated heterocycles. The van der Waals surface area contributed by atoms with Crippen LogP contribution in [0.2, 0.25) is 0 Å². The lowest BCUT2D eigenvalue weighted by Crippen LogP contribution is -2.51. The molecule has 0 heterocycles. The van der Waals surface area contributed by atoms with Crippen LogP contribution in [-0.2, 0) is 10.2 Å². The fraction of sp³-hybridized carbons (Fsp3) is 0.333. The summed E-state index contributed by atoms with van der Waals surface area (Å²) in [4.78, 5) is 24.7. The number of hydrogen-bond acceptors (Lipinski definition) is 2. The molecule has 5 heteroatoms. The minimum Gasteiger partial charge on any atom is -0.353 e. The zero-order valence-corrected chi connectivity index (χ0v) is 16.4. The molecule has 2 aromatic rings. The molecule has 2 aromatic carbocycles. The molecule has 0 unspecified atom stereocenters. The third kappa shape index (κ3) is 4.15. The number of hydrogen-bond donors (Lipinski definition) is 2. The van der Waals surface area contributed by atoms with Gasteiger partial charge in [0.15, 0.2) is 0 Å². The molecule has 0 radical (unpaired) electrons. The van der Waals surface area contributed by atoms with Crippen molar-refractivity contribution >= 4 is 27.7 Å². The topological polar surface area (TPSA) is 58.2 Å². The normalized spacial score (nSPS) is 16.2. The van der Waals surface area contributed by atoms with Crippen molar-refractivity contribution in [1.29, 1.82) is 0 Å². The number of nitrogens with one attached hydrogen (secondary N) is 2. The number of benzene rings is 2. The van der Waals surface area contributed by atoms with Crippen LogP contribution in [0.15, 0.2) is 59.1 Å². The van der Waals surface area contributed by atoms with Crippen molar-refractivity contribution in [2.75, 3.05) is 6.54 Å². The summed E-state index contributed by atoms with van der Waals surface area (Å²) in [5, 5.41) is 5.79. The maximum Gasteiger partial charge on any atom is 0.251 e. The summed E-state index contributed by atoms with van der Waals surface area (Å²) in [7, 11) is 0. The van der Waals surface area contributed by atoms with Crippen LogP contribution in [0, 0.1) is 0 Å². The van der Waals surface area contributed by atoms with E-state index >= 15 is 0 Å². The van der Waals surface area contributed by atoms with Crippen LogP contribution >= 0.6 is 15.9 Å². The molecule has 1 fully saturated rings. The second kappa shape index (κ2) is 8.04. The largest absolute Gasteiger partial charge is 0.353 e. The quantitative estimate of drug-likeness (QED) is 0.754. The Kier molecular flexibility index (Phi) is 5.77. The highest BCUT2D eigenvalue weighted by Gasteiger charge is 2.38. The predicted molar refractivity (Wildman–Crippen MR) is 106 cm³/mol. The van der Waals surface area contributed by atoms with Gasteiger partial charge >= 0.3 is 0 Å². The van der Waals surface area contributed by atoms with Gasteiger partial charge in [-0.2, -0.15) is 0 Å². The average molecular weight is 415 g/mol. The molecule has 4 nitrogen and oxygen atoms in total. The Morgan fingerprint density at radius 1 is 1.08 bits per heavy atom. The Morgan fingerprint density at radius 3 is 2.31 bits per heavy atom. The van der Waals surface area contributed by atoms with E-state index in [1.165, 1.54) is 12.0 Å². The van der Waals surface area contributed by atoms with E-state index in [1.807, 2.05) is 18.2 Å². The molecule has 2 amide bonds. The molecule has 1 saturated carbocycles. The van der Waals surface area contributed by atoms with Crippen LogP contribution in [0.1, 0.15) is 42.1 Å². The van der Waals surface area contributed by atoms with E-state index < -0.39 is 6.04 Å². The Morgan fingerprint density at radius 2 is 1.73 bits per heavy atom. The third-order valence-electron chi connectivity index (χ3n) is 5.15. The summed E-state index contributed by atoms with van der Waals surface area (Å²) in [5.74, 6) is -0.403. The molecule has 0 spiro atoms. The standard InChI is InChI=1S/C21H23BrN2O2/c1-15(24-20(26)16-8-10-18(22)11-9-16)19(25)23-14-21(12-5-13-21)17-6-3-2-4-7-17/h2-4,6-11,15H,5,12-14H2,1H3,(H,23,25)(H,24,26)/t15-/m1/s1. The van der Waals surface area contributed by atoms with Crippen molar-refractivity contribution in [2.24, 2.45) is 0 Å². The first kappa shape index (κ1) is 18.6. The molecule has 1 aliphatic rings. The SMILES string of the molecule is C[C@@H](NC(=O)c1ccc(Br)cc1)C(=O)NCC1(c2ccccc2)CCC1. The number of carbonyl (C=O) groups excluding carboxylic acids is 2. The summed E-state index contributed by atoms with van der Waals surface area (Å²) in [6, 6.07) is 16.8. The smallest absolute Gasteiger partial charge is 0.251 e. The molecule has 136 valence electrons. The molecule has 0 bridgehead atoms. The second-order valence-corrected chi connectivity index (χ2v) is 7.84. The first-order valence-electron chi connectivity index (χ1n) is 8.90. The summed E-state index contributed by atoms with van der Waals surface area (Å²) >= 11 is 3.34. The Bertz CT molecular complexity index is 770. The molecule has 2 N–H and O–H groups in total. The van der Waals surface area contributed by atoms with Gasteiger partial charge in [0, 0.05) is 22.0 Å². The van der Waals surface area contributed by atoms with E-state index in [0.717, 1.165) is 17.3 Å². The fourth-order valence-corrected chi connectivity index (χ4v) is 3.58. The summed E-state index contributed by atoms with van der Waals surface area (Å²) in [6.07, 6.45) is 3.34. The zero-order valence-electron chi connectivity index (χ0n) is 14.8. The molecular formula is C21H23BrN2O2. The van der Waals surface area contributed by atoms with Crippen LogP contribution in [0.25, 0.3) is 0 Å². The second-order valence-electron chi connectivity index (χ2n) is 6.92. The van der Waals surface area contributed by atoms with Gasteiger partial charge in [-0.25, -0.2) is 0 Å². The summed E-state index contributed by atoms with van der Waals surface area (Å²) in [5.41, 5.74) is 1.84. The van der Waals surface area contributed by atoms with Crippen LogP contribution in [0.5, 0.6) is 0 Å². The lowest BCUT2D eigenvalue weighted by Gasteiger charge is -2.42. The van der Waals surface area contributed by atoms with Gasteiger partial charge < -0.3 is 10.6 Å². The molecule has 26 heavy (non-hydrogen) atoms. The number of rotatable bonds is 6. The van der Waals surface area contributed by atoms with Gasteiger partial charge in [-0.15, -0.1) is 0 Å². The number of carbonyl (C=O) groups is 2. The van der Waals surface area contributed by atoms with Gasteiger partial charge in [0.2, 0.25) is 5.91 Å². The maximum absolute atomic E-state index is 12.4. The Labute approximate surface area is 162 Å². The Hall–Kier alpha value is -2.14. The lowest BCUT2D eigenvalue weighted by molar-refractivity contribution is -0.123. The molecule has 0 aromatic heterocycles. The first-order valence-corrected chi connectivity index (χ1v) is 9.69. The van der Waals surface area contributed by atoms with Crippen molar-refractivity contribution in [3.8, 4) is 0 Å². The van der Waals surface area contributed by atoms with Crippen molar-refractivity contribution < 1.29 is 9.59 Å². The average Bonchev–Trinajstić information content (AvgIpc) is 2.62. The summed E-state index contributed by atoms with van der Waals surface area (Å²) < 4.78 is 0.909. The lowest BCUT2D eigenvalue weighted by atomic mass is 9.64. The molecule has 1 aliphatic carbocycles. The van der Waals surface area contributed by atoms with Crippen LogP contribution < -0.4 is 10.6 Å². The fourth-order valence-electron chi connectivity index (χ4n) is 3.32. The van der Waals surface area contributed by atoms with Crippen LogP contribution in [0.4, 0.5) is 0 Å². The van der Waals surface area contributed by atoms with E-state index in [0.29, 0.717) is 12.1 Å². The highest BCUT2D eigenvalue weighted by molar-refractivity contribution is 9.10. The minimum absolute atomic E-state index is 0.0341. The van der Waals surface area contributed by atoms with E-state index in [9.17, 15) is 9.59 Å². The summed E-state index contributed by atoms with van der Waals surface area (Å²) in [6.45, 7) is 2.32. The van der Waals surface area contributed by atoms with E-state index in [4.69, 9.17) is 0 Å². The van der Waals surface area contributed by atoms with Crippen molar-refractivity contribution in [3.63, 3.8) is 0 Å². The van der Waals surface area contributed by atoms with Crippen molar-refractivity contribution in [3.05, 3.63) is 70.2 Å². The zero-order chi connectivity index (χ0) is 18.6. The van der Waals surface area contributed by atoms with Gasteiger partial charge in [0.1, 0.15) is 6.04 Å². The monoisotopic (exact) mass is 414 g/mol. The van der Waals surface area contributed by atoms with Gasteiger partial charge in [0.05, 0.1) is 0 Å². The van der Waals surface area contributed by atoms with Crippen molar-refractivity contribution in [2.45, 2.75) is 37.6 Å². The highest BCUT2D eigenvalue weighted by Crippen LogP contribution is 2.43. The third-order valence-corrected chi connectivity index (χ3v) is 5.67. The molecule has 3 rings (SSSR count). The van der Waals surface area contributed by atoms with E-state index in [-0.39, 0.29) is 17.2 Å². The minimum atomic E-state index is -0.584. The van der Waals surface area contributed by atoms with Crippen LogP contribution in [-0.4, -0.2) is 24.4 Å².